The summed E-state index contributed by atoms with van der Waals surface area (Å²) in [5, 5.41) is 12.1. The van der Waals surface area contributed by atoms with Gasteiger partial charge in [-0.05, 0) is 42.3 Å². The number of nitriles is 1. The Hall–Kier alpha value is -5.43. The lowest BCUT2D eigenvalue weighted by molar-refractivity contribution is 0.0995. The Morgan fingerprint density at radius 3 is 2.49 bits per heavy atom. The molecule has 0 aliphatic rings. The van der Waals surface area contributed by atoms with Crippen LogP contribution in [0, 0.1) is 18.3 Å². The molecule has 5 aromatic rings. The molecule has 37 heavy (non-hydrogen) atoms. The maximum Gasteiger partial charge on any atom is 0.291 e. The molecule has 0 aliphatic carbocycles. The Morgan fingerprint density at radius 1 is 1.05 bits per heavy atom. The Kier molecular flexibility index (Phi) is 5.66. The first kappa shape index (κ1) is 23.3. The summed E-state index contributed by atoms with van der Waals surface area (Å²) in [5.41, 5.74) is 9.53. The first-order valence-electron chi connectivity index (χ1n) is 11.2. The van der Waals surface area contributed by atoms with Crippen molar-refractivity contribution in [1.82, 2.24) is 14.1 Å². The largest absolute Gasteiger partial charge is 0.366 e. The minimum absolute atomic E-state index is 0.0478. The second-order valence-corrected chi connectivity index (χ2v) is 8.44. The van der Waals surface area contributed by atoms with Crippen molar-refractivity contribution in [3.05, 3.63) is 100 Å². The summed E-state index contributed by atoms with van der Waals surface area (Å²) >= 11 is 0. The quantitative estimate of drug-likeness (QED) is 0.384. The van der Waals surface area contributed by atoms with Gasteiger partial charge in [-0.1, -0.05) is 30.3 Å². The van der Waals surface area contributed by atoms with Gasteiger partial charge in [0.25, 0.3) is 11.5 Å². The van der Waals surface area contributed by atoms with E-state index in [0.29, 0.717) is 22.5 Å². The number of aryl methyl sites for hydroxylation is 2. The van der Waals surface area contributed by atoms with Crippen molar-refractivity contribution in [3.63, 3.8) is 0 Å². The van der Waals surface area contributed by atoms with Crippen LogP contribution in [0.5, 0.6) is 0 Å². The molecule has 5 rings (SSSR count). The van der Waals surface area contributed by atoms with Gasteiger partial charge in [0, 0.05) is 36.3 Å². The average molecular weight is 492 g/mol. The van der Waals surface area contributed by atoms with E-state index < -0.39 is 17.4 Å². The highest BCUT2D eigenvalue weighted by Crippen LogP contribution is 2.28. The number of aromatic nitrogens is 3. The minimum atomic E-state index is -0.591. The van der Waals surface area contributed by atoms with Crippen LogP contribution in [0.2, 0.25) is 0 Å². The van der Waals surface area contributed by atoms with E-state index in [1.807, 2.05) is 41.1 Å². The number of rotatable bonds is 5. The number of carbonyl (C=O) groups excluding carboxylic acids is 2. The van der Waals surface area contributed by atoms with E-state index in [9.17, 15) is 19.6 Å². The number of carbonyl (C=O) groups is 2. The number of hydrogen-bond acceptors (Lipinski definition) is 6. The molecule has 0 bridgehead atoms. The number of anilines is 1. The molecule has 3 aromatic heterocycles. The first-order valence-corrected chi connectivity index (χ1v) is 11.2. The van der Waals surface area contributed by atoms with E-state index >= 15 is 0 Å². The van der Waals surface area contributed by atoms with E-state index in [0.717, 1.165) is 15.9 Å². The van der Waals surface area contributed by atoms with E-state index in [1.54, 1.807) is 37.3 Å². The van der Waals surface area contributed by atoms with Crippen LogP contribution in [0.4, 0.5) is 5.69 Å². The van der Waals surface area contributed by atoms with Crippen molar-refractivity contribution in [2.45, 2.75) is 6.92 Å². The van der Waals surface area contributed by atoms with Crippen molar-refractivity contribution in [2.24, 2.45) is 12.8 Å². The Labute approximate surface area is 210 Å². The fourth-order valence-corrected chi connectivity index (χ4v) is 4.14. The molecule has 0 fully saturated rings. The monoisotopic (exact) mass is 492 g/mol. The summed E-state index contributed by atoms with van der Waals surface area (Å²) in [6.45, 7) is 1.79. The zero-order valence-corrected chi connectivity index (χ0v) is 19.9. The maximum atomic E-state index is 13.1. The number of fused-ring (bicyclic) bond motifs is 1. The van der Waals surface area contributed by atoms with Crippen molar-refractivity contribution >= 4 is 23.0 Å². The summed E-state index contributed by atoms with van der Waals surface area (Å²) in [7, 11) is 1.45. The van der Waals surface area contributed by atoms with Crippen LogP contribution in [0.15, 0.2) is 76.3 Å². The SMILES string of the molecule is Cc1cn2cc(-c3ccc(-c4c(C#N)on(C)c4=O)cc3)cc2c(C(=O)Nc2cccc(C(N)=O)c2)n1. The summed E-state index contributed by atoms with van der Waals surface area (Å²) < 4.78 is 8.02. The molecular weight excluding hydrogens is 472 g/mol. The number of primary amides is 1. The molecule has 10 nitrogen and oxygen atoms in total. The number of nitrogens with two attached hydrogens (primary N) is 1. The highest BCUT2D eigenvalue weighted by atomic mass is 16.5. The molecule has 10 heteroatoms. The molecule has 0 saturated carbocycles. The summed E-state index contributed by atoms with van der Waals surface area (Å²) in [6, 6.07) is 17.3. The molecule has 3 N–H and O–H groups in total. The summed E-state index contributed by atoms with van der Waals surface area (Å²) in [5.74, 6) is -1.07. The summed E-state index contributed by atoms with van der Waals surface area (Å²) in [4.78, 5) is 41.4. The molecule has 3 heterocycles. The highest BCUT2D eigenvalue weighted by molar-refractivity contribution is 6.08. The predicted molar refractivity (Wildman–Crippen MR) is 136 cm³/mol. The molecule has 0 unspecified atom stereocenters. The molecule has 0 saturated heterocycles. The highest BCUT2D eigenvalue weighted by Gasteiger charge is 2.19. The van der Waals surface area contributed by atoms with Gasteiger partial charge in [0.2, 0.25) is 11.7 Å². The fraction of sp³-hybridized carbons (Fsp3) is 0.0741. The van der Waals surface area contributed by atoms with Crippen LogP contribution in [-0.4, -0.2) is 25.9 Å². The van der Waals surface area contributed by atoms with Gasteiger partial charge in [-0.25, -0.2) is 4.98 Å². The predicted octanol–water partition coefficient (Wildman–Crippen LogP) is 3.49. The van der Waals surface area contributed by atoms with Crippen LogP contribution < -0.4 is 16.6 Å². The number of nitrogens with zero attached hydrogens (tertiary/aromatic N) is 4. The van der Waals surface area contributed by atoms with Crippen LogP contribution >= 0.6 is 0 Å². The molecule has 182 valence electrons. The third kappa shape index (κ3) is 4.26. The van der Waals surface area contributed by atoms with Crippen molar-refractivity contribution in [3.8, 4) is 28.3 Å². The maximum absolute atomic E-state index is 13.1. The molecule has 0 radical (unpaired) electrons. The van der Waals surface area contributed by atoms with E-state index in [-0.39, 0.29) is 22.6 Å². The topological polar surface area (TPSA) is 148 Å². The van der Waals surface area contributed by atoms with E-state index in [2.05, 4.69) is 10.3 Å². The molecule has 2 amide bonds. The number of hydrogen-bond donors (Lipinski definition) is 2. The van der Waals surface area contributed by atoms with Gasteiger partial charge in [-0.15, -0.1) is 0 Å². The smallest absolute Gasteiger partial charge is 0.291 e. The second-order valence-electron chi connectivity index (χ2n) is 8.44. The lowest BCUT2D eigenvalue weighted by Gasteiger charge is -2.08. The minimum Gasteiger partial charge on any atom is -0.366 e. The van der Waals surface area contributed by atoms with Gasteiger partial charge in [0.05, 0.1) is 11.2 Å². The van der Waals surface area contributed by atoms with Gasteiger partial charge >= 0.3 is 0 Å². The van der Waals surface area contributed by atoms with Gasteiger partial charge in [-0.2, -0.15) is 10.0 Å². The number of benzene rings is 2. The zero-order chi connectivity index (χ0) is 26.3. The Morgan fingerprint density at radius 2 is 1.78 bits per heavy atom. The molecule has 0 atom stereocenters. The van der Waals surface area contributed by atoms with Crippen LogP contribution in [0.25, 0.3) is 27.8 Å². The van der Waals surface area contributed by atoms with Gasteiger partial charge in [0.15, 0.2) is 5.69 Å². The standard InChI is InChI=1S/C27H20N6O4/c1-15-13-33-14-19(16-6-8-17(9-7-16)23-22(12-28)37-32(2)27(23)36)11-21(33)24(30-15)26(35)31-20-5-3-4-18(10-20)25(29)34/h3-11,13-14H,1-2H3,(H2,29,34)(H,31,35). The number of amides is 2. The molecule has 2 aromatic carbocycles. The Bertz CT molecular complexity index is 1800. The first-order chi connectivity index (χ1) is 17.7. The lowest BCUT2D eigenvalue weighted by atomic mass is 10.0. The normalized spacial score (nSPS) is 10.8. The Balaban J connectivity index is 1.50. The fourth-order valence-electron chi connectivity index (χ4n) is 4.14. The lowest BCUT2D eigenvalue weighted by Crippen LogP contribution is -2.17. The van der Waals surface area contributed by atoms with Crippen LogP contribution in [-0.2, 0) is 7.05 Å². The second kappa shape index (κ2) is 8.98. The van der Waals surface area contributed by atoms with Crippen molar-refractivity contribution in [1.29, 1.82) is 5.26 Å². The van der Waals surface area contributed by atoms with Crippen molar-refractivity contribution in [2.75, 3.05) is 5.32 Å². The molecular formula is C27H20N6O4. The van der Waals surface area contributed by atoms with E-state index in [4.69, 9.17) is 10.3 Å². The number of nitrogens with one attached hydrogen (secondary N) is 1. The van der Waals surface area contributed by atoms with Gasteiger partial charge < -0.3 is 20.0 Å². The molecule has 0 aliphatic heterocycles. The van der Waals surface area contributed by atoms with Gasteiger partial charge in [0.1, 0.15) is 11.6 Å². The summed E-state index contributed by atoms with van der Waals surface area (Å²) in [6.07, 6.45) is 3.69. The van der Waals surface area contributed by atoms with Crippen LogP contribution in [0.3, 0.4) is 0 Å². The third-order valence-corrected chi connectivity index (χ3v) is 5.89. The third-order valence-electron chi connectivity index (χ3n) is 5.89. The van der Waals surface area contributed by atoms with Crippen LogP contribution in [0.1, 0.15) is 32.3 Å². The van der Waals surface area contributed by atoms with Crippen molar-refractivity contribution < 1.29 is 14.1 Å². The average Bonchev–Trinajstić information content (AvgIpc) is 3.44. The zero-order valence-electron chi connectivity index (χ0n) is 19.9. The van der Waals surface area contributed by atoms with Gasteiger partial charge in [-0.3, -0.25) is 14.4 Å². The van der Waals surface area contributed by atoms with E-state index in [1.165, 1.54) is 13.1 Å². The molecule has 0 spiro atoms.